The third kappa shape index (κ3) is 17.3. The highest BCUT2D eigenvalue weighted by atomic mass is 16.7. The van der Waals surface area contributed by atoms with Crippen LogP contribution in [0.5, 0.6) is 0 Å². The maximum atomic E-state index is 13.9. The number of aromatic nitrogens is 1. The predicted octanol–water partition coefficient (Wildman–Crippen LogP) is 3.47. The molecule has 0 unspecified atom stereocenters. The molecule has 20 heteroatoms. The molecule has 0 saturated carbocycles. The SMILES string of the molecule is CCC(=O)O[C@@H]1CC(=O)O[C@H](C)C[C@H](O)[C@H](N(C)CCCc2ccncc2)/C=C/[C@H](OC(C)=O)[C@H](C)C[C@H](CC=O)[C@H](O[C@@H]2O[C@H](C)[C@@H](O[C@H]3C[C@@](C)(O)[C@@H](OC(=O)CC)[C@H](C)O3)[C@H](N(C)C)[C@H]2O)[C@H]1OC. The summed E-state index contributed by atoms with van der Waals surface area (Å²) in [4.78, 5) is 72.6. The van der Waals surface area contributed by atoms with E-state index in [2.05, 4.69) is 4.98 Å². The number of methoxy groups -OCH3 is 1. The molecule has 3 aliphatic heterocycles. The van der Waals surface area contributed by atoms with Crippen LogP contribution in [0.15, 0.2) is 36.7 Å². The van der Waals surface area contributed by atoms with Crippen molar-refractivity contribution >= 4 is 30.2 Å². The number of nitrogens with zero attached hydrogens (tertiary/aromatic N) is 3. The van der Waals surface area contributed by atoms with Crippen LogP contribution in [0.25, 0.3) is 0 Å². The molecule has 18 atom stereocenters. The molecule has 1 aromatic rings. The summed E-state index contributed by atoms with van der Waals surface area (Å²) in [6, 6.07) is 2.44. The van der Waals surface area contributed by atoms with Crippen molar-refractivity contribution in [3.8, 4) is 0 Å². The summed E-state index contributed by atoms with van der Waals surface area (Å²) in [5.74, 6) is -3.81. The second kappa shape index (κ2) is 28.6. The molecule has 0 amide bonds. The highest BCUT2D eigenvalue weighted by Gasteiger charge is 2.53. The maximum Gasteiger partial charge on any atom is 0.309 e. The third-order valence-corrected chi connectivity index (χ3v) is 13.8. The Kier molecular flexibility index (Phi) is 24.1. The lowest BCUT2D eigenvalue weighted by Crippen LogP contribution is -2.66. The normalized spacial score (nSPS) is 36.8. The van der Waals surface area contributed by atoms with Gasteiger partial charge in [0, 0.05) is 58.5 Å². The number of cyclic esters (lactones) is 1. The topological polar surface area (TPSA) is 248 Å². The number of carbonyl (C=O) groups is 5. The van der Waals surface area contributed by atoms with Gasteiger partial charge in [0.05, 0.1) is 42.9 Å². The minimum Gasteiger partial charge on any atom is -0.462 e. The van der Waals surface area contributed by atoms with Gasteiger partial charge in [0.1, 0.15) is 48.5 Å². The zero-order valence-electron chi connectivity index (χ0n) is 44.3. The molecule has 3 aliphatic rings. The van der Waals surface area contributed by atoms with E-state index in [1.807, 2.05) is 31.0 Å². The number of carbonyl (C=O) groups excluding carboxylic acids is 5. The molecule has 72 heavy (non-hydrogen) atoms. The fourth-order valence-corrected chi connectivity index (χ4v) is 10.1. The Hall–Kier alpha value is -3.96. The van der Waals surface area contributed by atoms with Crippen molar-refractivity contribution in [3.63, 3.8) is 0 Å². The Morgan fingerprint density at radius 3 is 2.17 bits per heavy atom. The molecule has 2 saturated heterocycles. The summed E-state index contributed by atoms with van der Waals surface area (Å²) in [6.07, 6.45) is -5.27. The van der Waals surface area contributed by atoms with E-state index in [0.717, 1.165) is 18.4 Å². The number of likely N-dealkylation sites (N-methyl/N-ethyl adjacent to an activating group) is 2. The molecule has 2 fully saturated rings. The van der Waals surface area contributed by atoms with Crippen LogP contribution in [0.1, 0.15) is 112 Å². The summed E-state index contributed by atoms with van der Waals surface area (Å²) >= 11 is 0. The first-order valence-corrected chi connectivity index (χ1v) is 25.4. The van der Waals surface area contributed by atoms with Crippen molar-refractivity contribution in [2.75, 3.05) is 34.8 Å². The van der Waals surface area contributed by atoms with Crippen molar-refractivity contribution in [1.29, 1.82) is 0 Å². The van der Waals surface area contributed by atoms with E-state index in [0.29, 0.717) is 12.8 Å². The fourth-order valence-electron chi connectivity index (χ4n) is 10.1. The van der Waals surface area contributed by atoms with E-state index in [9.17, 15) is 39.3 Å². The van der Waals surface area contributed by atoms with Crippen molar-refractivity contribution in [1.82, 2.24) is 14.8 Å². The van der Waals surface area contributed by atoms with Crippen LogP contribution in [0.4, 0.5) is 0 Å². The predicted molar refractivity (Wildman–Crippen MR) is 261 cm³/mol. The first-order chi connectivity index (χ1) is 34.0. The first kappa shape index (κ1) is 60.6. The lowest BCUT2D eigenvalue weighted by atomic mass is 9.82. The molecule has 4 rings (SSSR count). The molecule has 0 spiro atoms. The number of pyridine rings is 1. The highest BCUT2D eigenvalue weighted by Crippen LogP contribution is 2.38. The van der Waals surface area contributed by atoms with E-state index in [1.165, 1.54) is 14.0 Å². The lowest BCUT2D eigenvalue weighted by molar-refractivity contribution is -0.344. The van der Waals surface area contributed by atoms with E-state index < -0.39 is 140 Å². The number of aldehydes is 1. The number of aliphatic hydroxyl groups is 3. The molecule has 1 aromatic heterocycles. The standard InChI is InChI=1S/C52H83N3O17/c1-13-41(59)69-40-28-43(61)65-31(4)27-38(58)37(55(11)24-15-16-35-19-22-53-23-20-35)17-18-39(68-34(7)57)30(3)26-36(21-25-56)48(49(40)64-12)72-51-46(62)45(54(9)10)47(32(5)67-51)71-44-29-52(8,63)50(33(6)66-44)70-42(60)14-2/h17-20,22-23,25,30-33,36-40,44-51,58,62-63H,13-16,21,24,26-29H2,1-12H3/b18-17+/t30-,31-,32-,33+,36+,37-,38+,39+,40-,44+,45-,46-,47-,48+,49+,50+,51+,52-/m1/s1. The van der Waals surface area contributed by atoms with Gasteiger partial charge in [0.15, 0.2) is 18.7 Å². The van der Waals surface area contributed by atoms with Crippen molar-refractivity contribution in [2.45, 2.75) is 211 Å². The minimum absolute atomic E-state index is 0.0243. The van der Waals surface area contributed by atoms with Gasteiger partial charge in [-0.15, -0.1) is 0 Å². The Morgan fingerprint density at radius 2 is 1.57 bits per heavy atom. The summed E-state index contributed by atoms with van der Waals surface area (Å²) in [5, 5.41) is 35.6. The van der Waals surface area contributed by atoms with E-state index in [4.69, 9.17) is 42.6 Å². The van der Waals surface area contributed by atoms with Gasteiger partial charge >= 0.3 is 23.9 Å². The van der Waals surface area contributed by atoms with Crippen LogP contribution in [0, 0.1) is 11.8 Å². The van der Waals surface area contributed by atoms with Gasteiger partial charge in [-0.1, -0.05) is 26.8 Å². The number of ether oxygens (including phenoxy) is 9. The fraction of sp³-hybridized carbons (Fsp3) is 0.769. The van der Waals surface area contributed by atoms with Crippen LogP contribution >= 0.6 is 0 Å². The minimum atomic E-state index is -1.53. The summed E-state index contributed by atoms with van der Waals surface area (Å²) < 4.78 is 55.4. The average molecular weight is 1020 g/mol. The number of aliphatic hydroxyl groups excluding tert-OH is 2. The Balaban J connectivity index is 1.74. The number of esters is 4. The molecule has 408 valence electrons. The number of aryl methyl sites for hydroxylation is 1. The van der Waals surface area contributed by atoms with Crippen LogP contribution in [-0.2, 0) is 73.0 Å². The lowest BCUT2D eigenvalue weighted by Gasteiger charge is -2.50. The van der Waals surface area contributed by atoms with Crippen molar-refractivity contribution in [2.24, 2.45) is 11.8 Å². The first-order valence-electron chi connectivity index (χ1n) is 25.4. The molecule has 0 aromatic carbocycles. The molecule has 3 N–H and O–H groups in total. The molecule has 4 heterocycles. The number of hydrogen-bond acceptors (Lipinski definition) is 20. The summed E-state index contributed by atoms with van der Waals surface area (Å²) in [5.41, 5.74) is -0.415. The van der Waals surface area contributed by atoms with Gasteiger partial charge in [-0.05, 0) is 110 Å². The Bertz CT molecular complexity index is 1890. The quantitative estimate of drug-likeness (QED) is 0.0824. The second-order valence-corrected chi connectivity index (χ2v) is 20.1. The average Bonchev–Trinajstić information content (AvgIpc) is 3.30. The van der Waals surface area contributed by atoms with Gasteiger partial charge in [0.2, 0.25) is 0 Å². The molecule has 0 aliphatic carbocycles. The van der Waals surface area contributed by atoms with Crippen LogP contribution in [0.3, 0.4) is 0 Å². The molecule has 0 bridgehead atoms. The van der Waals surface area contributed by atoms with E-state index in [1.54, 1.807) is 85.1 Å². The van der Waals surface area contributed by atoms with Crippen LogP contribution in [0.2, 0.25) is 0 Å². The maximum absolute atomic E-state index is 13.9. The number of rotatable bonds is 18. The number of hydrogen-bond donors (Lipinski definition) is 3. The van der Waals surface area contributed by atoms with E-state index >= 15 is 0 Å². The van der Waals surface area contributed by atoms with Gasteiger partial charge in [-0.25, -0.2) is 0 Å². The summed E-state index contributed by atoms with van der Waals surface area (Å²) in [6.45, 7) is 13.5. The molecular weight excluding hydrogens is 939 g/mol. The zero-order chi connectivity index (χ0) is 53.4. The van der Waals surface area contributed by atoms with Crippen molar-refractivity contribution in [3.05, 3.63) is 42.2 Å². The molecule has 20 nitrogen and oxygen atoms in total. The zero-order valence-corrected chi connectivity index (χ0v) is 44.3. The molecule has 0 radical (unpaired) electrons. The van der Waals surface area contributed by atoms with Crippen LogP contribution in [-0.4, -0.2) is 192 Å². The van der Waals surface area contributed by atoms with Gasteiger partial charge < -0.3 is 67.6 Å². The van der Waals surface area contributed by atoms with Crippen LogP contribution < -0.4 is 0 Å². The Morgan fingerprint density at radius 1 is 0.903 bits per heavy atom. The van der Waals surface area contributed by atoms with Crippen molar-refractivity contribution < 1.29 is 81.9 Å². The van der Waals surface area contributed by atoms with Gasteiger partial charge in [-0.2, -0.15) is 0 Å². The van der Waals surface area contributed by atoms with Gasteiger partial charge in [-0.3, -0.25) is 29.1 Å². The smallest absolute Gasteiger partial charge is 0.309 e. The summed E-state index contributed by atoms with van der Waals surface area (Å²) in [7, 11) is 6.69. The second-order valence-electron chi connectivity index (χ2n) is 20.1. The molecular formula is C52H83N3O17. The van der Waals surface area contributed by atoms with Gasteiger partial charge in [0.25, 0.3) is 0 Å². The third-order valence-electron chi connectivity index (χ3n) is 13.8. The monoisotopic (exact) mass is 1020 g/mol. The largest absolute Gasteiger partial charge is 0.462 e. The Labute approximate surface area is 425 Å². The van der Waals surface area contributed by atoms with E-state index in [-0.39, 0.29) is 38.5 Å². The highest BCUT2D eigenvalue weighted by molar-refractivity contribution is 5.73.